The number of rotatable bonds is 4. The van der Waals surface area contributed by atoms with Crippen LogP contribution in [-0.2, 0) is 6.54 Å². The van der Waals surface area contributed by atoms with Gasteiger partial charge in [0.05, 0.1) is 4.47 Å². The maximum atomic E-state index is 9.97. The van der Waals surface area contributed by atoms with Gasteiger partial charge in [0.2, 0.25) is 0 Å². The fourth-order valence-electron chi connectivity index (χ4n) is 2.66. The van der Waals surface area contributed by atoms with Crippen LogP contribution in [0.1, 0.15) is 12.0 Å². The minimum atomic E-state index is 0.368. The first-order chi connectivity index (χ1) is 8.56. The molecular formula is C14H21BrN2O. The highest BCUT2D eigenvalue weighted by Crippen LogP contribution is 2.28. The number of halogens is 1. The van der Waals surface area contributed by atoms with Crippen molar-refractivity contribution in [1.29, 1.82) is 0 Å². The van der Waals surface area contributed by atoms with E-state index in [0.717, 1.165) is 29.0 Å². The molecular weight excluding hydrogens is 292 g/mol. The number of hydrogen-bond acceptors (Lipinski definition) is 3. The van der Waals surface area contributed by atoms with Crippen LogP contribution >= 0.6 is 15.9 Å². The summed E-state index contributed by atoms with van der Waals surface area (Å²) in [5, 5.41) is 9.97. The van der Waals surface area contributed by atoms with Crippen molar-refractivity contribution in [2.75, 3.05) is 33.7 Å². The molecule has 0 saturated carbocycles. The summed E-state index contributed by atoms with van der Waals surface area (Å²) in [7, 11) is 4.30. The zero-order valence-electron chi connectivity index (χ0n) is 11.1. The smallest absolute Gasteiger partial charge is 0.134 e. The van der Waals surface area contributed by atoms with Crippen molar-refractivity contribution in [3.63, 3.8) is 0 Å². The van der Waals surface area contributed by atoms with Crippen molar-refractivity contribution in [3.8, 4) is 5.75 Å². The van der Waals surface area contributed by atoms with Crippen molar-refractivity contribution in [1.82, 2.24) is 9.80 Å². The summed E-state index contributed by atoms with van der Waals surface area (Å²) >= 11 is 3.36. The zero-order chi connectivity index (χ0) is 13.1. The summed E-state index contributed by atoms with van der Waals surface area (Å²) in [6, 6.07) is 5.82. The Morgan fingerprint density at radius 1 is 1.50 bits per heavy atom. The quantitative estimate of drug-likeness (QED) is 0.925. The number of hydrogen-bond donors (Lipinski definition) is 1. The lowest BCUT2D eigenvalue weighted by atomic mass is 10.1. The Labute approximate surface area is 118 Å². The number of nitrogens with zero attached hydrogens (tertiary/aromatic N) is 2. The highest BCUT2D eigenvalue weighted by atomic mass is 79.9. The Hall–Kier alpha value is -0.580. The van der Waals surface area contributed by atoms with Gasteiger partial charge >= 0.3 is 0 Å². The van der Waals surface area contributed by atoms with Crippen LogP contribution in [0.5, 0.6) is 5.75 Å². The van der Waals surface area contributed by atoms with Crippen LogP contribution < -0.4 is 0 Å². The van der Waals surface area contributed by atoms with Crippen molar-refractivity contribution in [2.45, 2.75) is 13.0 Å². The summed E-state index contributed by atoms with van der Waals surface area (Å²) in [4.78, 5) is 4.68. The molecule has 0 aromatic heterocycles. The lowest BCUT2D eigenvalue weighted by Crippen LogP contribution is -2.27. The number of phenolic OH excluding ortho intramolecular Hbond substituents is 1. The van der Waals surface area contributed by atoms with Gasteiger partial charge in [-0.2, -0.15) is 0 Å². The third-order valence-electron chi connectivity index (χ3n) is 3.57. The monoisotopic (exact) mass is 312 g/mol. The summed E-state index contributed by atoms with van der Waals surface area (Å²) in [5.41, 5.74) is 0.984. The molecule has 1 aromatic rings. The fourth-order valence-corrected chi connectivity index (χ4v) is 3.07. The van der Waals surface area contributed by atoms with Gasteiger partial charge in [0.1, 0.15) is 5.75 Å². The number of para-hydroxylation sites is 1. The number of aromatic hydroxyl groups is 1. The fraction of sp³-hybridized carbons (Fsp3) is 0.571. The molecule has 1 N–H and O–H groups in total. The van der Waals surface area contributed by atoms with Gasteiger partial charge in [-0.1, -0.05) is 12.1 Å². The summed E-state index contributed by atoms with van der Waals surface area (Å²) in [6.07, 6.45) is 1.28. The third kappa shape index (κ3) is 3.46. The Morgan fingerprint density at radius 3 is 2.94 bits per heavy atom. The molecule has 1 fully saturated rings. The lowest BCUT2D eigenvalue weighted by Gasteiger charge is -2.21. The molecule has 0 spiro atoms. The van der Waals surface area contributed by atoms with Crippen LogP contribution in [0.2, 0.25) is 0 Å². The Kier molecular flexibility index (Phi) is 4.65. The molecule has 1 atom stereocenters. The first-order valence-electron chi connectivity index (χ1n) is 6.39. The number of phenols is 1. The number of benzene rings is 1. The number of likely N-dealkylation sites (tertiary alicyclic amines) is 1. The standard InChI is InChI=1S/C14H21BrN2O/c1-16-7-6-11(8-16)9-17(2)10-12-4-3-5-13(15)14(12)18/h3-5,11,18H,6-10H2,1-2H3. The molecule has 1 heterocycles. The van der Waals surface area contributed by atoms with Crippen LogP contribution in [0.4, 0.5) is 0 Å². The average Bonchev–Trinajstić information content (AvgIpc) is 2.70. The van der Waals surface area contributed by atoms with Gasteiger partial charge in [0.25, 0.3) is 0 Å². The van der Waals surface area contributed by atoms with E-state index in [1.54, 1.807) is 0 Å². The third-order valence-corrected chi connectivity index (χ3v) is 4.21. The molecule has 3 nitrogen and oxygen atoms in total. The highest BCUT2D eigenvalue weighted by Gasteiger charge is 2.21. The van der Waals surface area contributed by atoms with E-state index in [1.165, 1.54) is 19.5 Å². The van der Waals surface area contributed by atoms with Gasteiger partial charge in [0.15, 0.2) is 0 Å². The van der Waals surface area contributed by atoms with E-state index in [-0.39, 0.29) is 0 Å². The van der Waals surface area contributed by atoms with E-state index < -0.39 is 0 Å². The Morgan fingerprint density at radius 2 is 2.28 bits per heavy atom. The Bertz CT molecular complexity index is 411. The molecule has 1 aromatic carbocycles. The molecule has 1 aliphatic rings. The summed E-state index contributed by atoms with van der Waals surface area (Å²) in [6.45, 7) is 4.29. The molecule has 1 aliphatic heterocycles. The van der Waals surface area contributed by atoms with Crippen LogP contribution in [0, 0.1) is 5.92 Å². The second kappa shape index (κ2) is 6.04. The molecule has 1 unspecified atom stereocenters. The minimum Gasteiger partial charge on any atom is -0.506 e. The van der Waals surface area contributed by atoms with E-state index in [0.29, 0.717) is 5.75 Å². The van der Waals surface area contributed by atoms with E-state index in [2.05, 4.69) is 39.8 Å². The van der Waals surface area contributed by atoms with E-state index in [1.807, 2.05) is 18.2 Å². The summed E-state index contributed by atoms with van der Waals surface area (Å²) in [5.74, 6) is 1.13. The van der Waals surface area contributed by atoms with Crippen molar-refractivity contribution < 1.29 is 5.11 Å². The predicted molar refractivity (Wildman–Crippen MR) is 77.7 cm³/mol. The molecule has 0 aliphatic carbocycles. The van der Waals surface area contributed by atoms with Gasteiger partial charge in [-0.15, -0.1) is 0 Å². The maximum absolute atomic E-state index is 9.97. The van der Waals surface area contributed by atoms with E-state index in [4.69, 9.17) is 0 Å². The Balaban J connectivity index is 1.90. The normalized spacial score (nSPS) is 20.8. The van der Waals surface area contributed by atoms with Crippen LogP contribution in [0.25, 0.3) is 0 Å². The molecule has 18 heavy (non-hydrogen) atoms. The topological polar surface area (TPSA) is 26.7 Å². The molecule has 100 valence electrons. The second-order valence-corrected chi connectivity index (χ2v) is 6.22. The maximum Gasteiger partial charge on any atom is 0.134 e. The average molecular weight is 313 g/mol. The van der Waals surface area contributed by atoms with E-state index in [9.17, 15) is 5.11 Å². The van der Waals surface area contributed by atoms with Crippen molar-refractivity contribution >= 4 is 15.9 Å². The van der Waals surface area contributed by atoms with Crippen molar-refractivity contribution in [3.05, 3.63) is 28.2 Å². The summed E-state index contributed by atoms with van der Waals surface area (Å²) < 4.78 is 0.772. The van der Waals surface area contributed by atoms with Gasteiger partial charge < -0.3 is 14.9 Å². The van der Waals surface area contributed by atoms with Gasteiger partial charge in [-0.3, -0.25) is 0 Å². The molecule has 1 saturated heterocycles. The highest BCUT2D eigenvalue weighted by molar-refractivity contribution is 9.10. The molecule has 2 rings (SSSR count). The zero-order valence-corrected chi connectivity index (χ0v) is 12.7. The molecule has 0 bridgehead atoms. The van der Waals surface area contributed by atoms with Crippen LogP contribution in [0.3, 0.4) is 0 Å². The first kappa shape index (κ1) is 13.8. The molecule has 0 radical (unpaired) electrons. The van der Waals surface area contributed by atoms with E-state index >= 15 is 0 Å². The van der Waals surface area contributed by atoms with Gasteiger partial charge in [0, 0.05) is 25.2 Å². The molecule has 0 amide bonds. The molecule has 4 heteroatoms. The minimum absolute atomic E-state index is 0.368. The van der Waals surface area contributed by atoms with Crippen LogP contribution in [-0.4, -0.2) is 48.6 Å². The van der Waals surface area contributed by atoms with Gasteiger partial charge in [-0.25, -0.2) is 0 Å². The second-order valence-electron chi connectivity index (χ2n) is 5.36. The van der Waals surface area contributed by atoms with Crippen LogP contribution in [0.15, 0.2) is 22.7 Å². The SMILES string of the molecule is CN1CCC(CN(C)Cc2cccc(Br)c2O)C1. The largest absolute Gasteiger partial charge is 0.506 e. The lowest BCUT2D eigenvalue weighted by molar-refractivity contribution is 0.264. The first-order valence-corrected chi connectivity index (χ1v) is 7.19. The van der Waals surface area contributed by atoms with Crippen molar-refractivity contribution in [2.24, 2.45) is 5.92 Å². The van der Waals surface area contributed by atoms with Gasteiger partial charge in [-0.05, 0) is 55.0 Å². The predicted octanol–water partition coefficient (Wildman–Crippen LogP) is 2.54.